The van der Waals surface area contributed by atoms with Crippen LogP contribution in [0.4, 0.5) is 0 Å². The van der Waals surface area contributed by atoms with E-state index in [0.717, 1.165) is 19.3 Å². The zero-order chi connectivity index (χ0) is 15.5. The molecule has 4 heteroatoms. The molecule has 0 fully saturated rings. The van der Waals surface area contributed by atoms with Crippen molar-refractivity contribution in [3.63, 3.8) is 0 Å². The zero-order valence-corrected chi connectivity index (χ0v) is 14.2. The lowest BCUT2D eigenvalue weighted by Gasteiger charge is -2.24. The van der Waals surface area contributed by atoms with Crippen molar-refractivity contribution in [2.75, 3.05) is 0 Å². The molecule has 0 aliphatic heterocycles. The van der Waals surface area contributed by atoms with Crippen LogP contribution in [0.15, 0.2) is 0 Å². The molecule has 1 radical (unpaired) electrons. The summed E-state index contributed by atoms with van der Waals surface area (Å²) in [7, 11) is -3.99. The average Bonchev–Trinajstić information content (AvgIpc) is 2.39. The molecule has 0 heterocycles. The van der Waals surface area contributed by atoms with E-state index in [1.807, 2.05) is 0 Å². The molecular weight excluding hydrogens is 272 g/mol. The summed E-state index contributed by atoms with van der Waals surface area (Å²) in [5.41, 5.74) is 0. The third-order valence-corrected chi connectivity index (χ3v) is 5.86. The fourth-order valence-electron chi connectivity index (χ4n) is 2.37. The van der Waals surface area contributed by atoms with E-state index in [9.17, 15) is 13.0 Å². The van der Waals surface area contributed by atoms with Gasteiger partial charge < -0.3 is 0 Å². The predicted octanol–water partition coefficient (Wildman–Crippen LogP) is 5.17. The minimum Gasteiger partial charge on any atom is -0.285 e. The maximum atomic E-state index is 11.3. The molecule has 1 unspecified atom stereocenters. The average molecular weight is 306 g/mol. The molecule has 0 bridgehead atoms. The molecule has 20 heavy (non-hydrogen) atoms. The van der Waals surface area contributed by atoms with Crippen molar-refractivity contribution < 1.29 is 13.0 Å². The number of hydrogen-bond acceptors (Lipinski definition) is 2. The molecule has 0 rings (SSSR count). The first-order chi connectivity index (χ1) is 9.37. The number of unbranched alkanes of at least 4 members (excludes halogenated alkanes) is 9. The highest BCUT2D eigenvalue weighted by molar-refractivity contribution is 7.87. The normalized spacial score (nSPS) is 15.2. The molecular formula is C16H33O3S. The smallest absolute Gasteiger partial charge is 0.270 e. The summed E-state index contributed by atoms with van der Waals surface area (Å²) in [5.74, 6) is 0. The van der Waals surface area contributed by atoms with Crippen molar-refractivity contribution >= 4 is 10.1 Å². The molecule has 0 aromatic heterocycles. The highest BCUT2D eigenvalue weighted by atomic mass is 32.2. The van der Waals surface area contributed by atoms with Crippen molar-refractivity contribution in [2.24, 2.45) is 0 Å². The van der Waals surface area contributed by atoms with Gasteiger partial charge in [0.1, 0.15) is 0 Å². The summed E-state index contributed by atoms with van der Waals surface area (Å²) in [6.07, 6.45) is 13.0. The Kier molecular flexibility index (Phi) is 10.6. The first-order valence-electron chi connectivity index (χ1n) is 8.13. The number of hydrogen-bond donors (Lipinski definition) is 1. The van der Waals surface area contributed by atoms with E-state index in [1.165, 1.54) is 44.9 Å². The second-order valence-electron chi connectivity index (χ2n) is 6.11. The van der Waals surface area contributed by atoms with Gasteiger partial charge in [-0.25, -0.2) is 0 Å². The second-order valence-corrected chi connectivity index (χ2v) is 8.04. The van der Waals surface area contributed by atoms with E-state index in [-0.39, 0.29) is 6.42 Å². The Hall–Kier alpha value is -0.0900. The van der Waals surface area contributed by atoms with Crippen LogP contribution >= 0.6 is 0 Å². The van der Waals surface area contributed by atoms with Crippen molar-refractivity contribution in [1.82, 2.24) is 0 Å². The van der Waals surface area contributed by atoms with Crippen LogP contribution < -0.4 is 0 Å². The van der Waals surface area contributed by atoms with Gasteiger partial charge in [-0.1, -0.05) is 78.1 Å². The van der Waals surface area contributed by atoms with Gasteiger partial charge in [-0.05, 0) is 19.8 Å². The van der Waals surface area contributed by atoms with Crippen LogP contribution in [0, 0.1) is 6.92 Å². The van der Waals surface area contributed by atoms with Gasteiger partial charge in [0.05, 0.1) is 4.75 Å². The molecule has 0 aliphatic rings. The summed E-state index contributed by atoms with van der Waals surface area (Å²) in [6.45, 7) is 7.46. The Morgan fingerprint density at radius 3 is 1.65 bits per heavy atom. The van der Waals surface area contributed by atoms with Crippen molar-refractivity contribution in [3.05, 3.63) is 6.92 Å². The maximum absolute atomic E-state index is 11.3. The Morgan fingerprint density at radius 1 is 0.900 bits per heavy atom. The third-order valence-electron chi connectivity index (χ3n) is 4.21. The summed E-state index contributed by atoms with van der Waals surface area (Å²) in [6, 6.07) is 0. The van der Waals surface area contributed by atoms with E-state index in [2.05, 4.69) is 13.8 Å². The monoisotopic (exact) mass is 305 g/mol. The van der Waals surface area contributed by atoms with Crippen LogP contribution in [0.2, 0.25) is 0 Å². The van der Waals surface area contributed by atoms with Crippen LogP contribution in [0.5, 0.6) is 0 Å². The van der Waals surface area contributed by atoms with Gasteiger partial charge in [0.2, 0.25) is 0 Å². The Labute approximate surface area is 126 Å². The van der Waals surface area contributed by atoms with Crippen LogP contribution in [0.3, 0.4) is 0 Å². The molecule has 0 saturated heterocycles. The molecule has 3 nitrogen and oxygen atoms in total. The Bertz CT molecular complexity index is 325. The molecule has 0 amide bonds. The SMILES string of the molecule is [CH2]CC(C)(CCCCCCCCCCCC)S(=O)(=O)O. The fourth-order valence-corrected chi connectivity index (χ4v) is 3.03. The van der Waals surface area contributed by atoms with E-state index in [0.29, 0.717) is 6.42 Å². The fraction of sp³-hybridized carbons (Fsp3) is 0.938. The molecule has 0 aromatic carbocycles. The van der Waals surface area contributed by atoms with Gasteiger partial charge >= 0.3 is 0 Å². The standard InChI is InChI=1S/C16H33O3S/c1-4-6-7-8-9-10-11-12-13-14-15-16(3,5-2)20(17,18)19/h2,4-15H2,1,3H3,(H,17,18,19). The van der Waals surface area contributed by atoms with Crippen LogP contribution in [0.1, 0.15) is 90.9 Å². The Morgan fingerprint density at radius 2 is 1.30 bits per heavy atom. The highest BCUT2D eigenvalue weighted by Gasteiger charge is 2.35. The quantitative estimate of drug-likeness (QED) is 0.377. The largest absolute Gasteiger partial charge is 0.285 e. The van der Waals surface area contributed by atoms with Gasteiger partial charge in [0.25, 0.3) is 10.1 Å². The van der Waals surface area contributed by atoms with Crippen LogP contribution in [-0.2, 0) is 10.1 Å². The summed E-state index contributed by atoms with van der Waals surface area (Å²) in [4.78, 5) is 0. The topological polar surface area (TPSA) is 54.4 Å². The van der Waals surface area contributed by atoms with Crippen molar-refractivity contribution in [2.45, 2.75) is 95.6 Å². The molecule has 121 valence electrons. The van der Waals surface area contributed by atoms with Crippen molar-refractivity contribution in [1.29, 1.82) is 0 Å². The first kappa shape index (κ1) is 19.9. The zero-order valence-electron chi connectivity index (χ0n) is 13.4. The predicted molar refractivity (Wildman–Crippen MR) is 86.4 cm³/mol. The lowest BCUT2D eigenvalue weighted by atomic mass is 9.98. The van der Waals surface area contributed by atoms with Gasteiger partial charge in [-0.2, -0.15) is 8.42 Å². The van der Waals surface area contributed by atoms with Crippen LogP contribution in [0.25, 0.3) is 0 Å². The van der Waals surface area contributed by atoms with E-state index in [4.69, 9.17) is 0 Å². The Balaban J connectivity index is 3.57. The van der Waals surface area contributed by atoms with Gasteiger partial charge in [-0.15, -0.1) is 0 Å². The summed E-state index contributed by atoms with van der Waals surface area (Å²) >= 11 is 0. The van der Waals surface area contributed by atoms with Gasteiger partial charge in [0, 0.05) is 0 Å². The molecule has 0 saturated carbocycles. The lowest BCUT2D eigenvalue weighted by molar-refractivity contribution is 0.409. The van der Waals surface area contributed by atoms with Crippen LogP contribution in [-0.4, -0.2) is 17.7 Å². The molecule has 1 N–H and O–H groups in total. The van der Waals surface area contributed by atoms with E-state index >= 15 is 0 Å². The molecule has 0 aliphatic carbocycles. The third kappa shape index (κ3) is 8.25. The van der Waals surface area contributed by atoms with Gasteiger partial charge in [0.15, 0.2) is 0 Å². The second kappa shape index (κ2) is 10.6. The first-order valence-corrected chi connectivity index (χ1v) is 9.57. The summed E-state index contributed by atoms with van der Waals surface area (Å²) < 4.78 is 30.7. The molecule has 0 aromatic rings. The number of rotatable bonds is 13. The summed E-state index contributed by atoms with van der Waals surface area (Å²) in [5, 5.41) is 0. The molecule has 0 spiro atoms. The molecule has 1 atom stereocenters. The lowest BCUT2D eigenvalue weighted by Crippen LogP contribution is -2.34. The minimum atomic E-state index is -3.99. The van der Waals surface area contributed by atoms with E-state index in [1.54, 1.807) is 6.92 Å². The van der Waals surface area contributed by atoms with Crippen molar-refractivity contribution in [3.8, 4) is 0 Å². The maximum Gasteiger partial charge on any atom is 0.270 e. The highest BCUT2D eigenvalue weighted by Crippen LogP contribution is 2.27. The van der Waals surface area contributed by atoms with Gasteiger partial charge in [-0.3, -0.25) is 4.55 Å². The van der Waals surface area contributed by atoms with E-state index < -0.39 is 14.9 Å². The minimum absolute atomic E-state index is 0.225.